The summed E-state index contributed by atoms with van der Waals surface area (Å²) in [4.78, 5) is 36.9. The quantitative estimate of drug-likeness (QED) is 0.632. The molecule has 1 aliphatic rings. The van der Waals surface area contributed by atoms with E-state index >= 15 is 0 Å². The number of aromatic nitrogens is 3. The second-order valence-electron chi connectivity index (χ2n) is 8.43. The molecule has 1 saturated heterocycles. The van der Waals surface area contributed by atoms with Gasteiger partial charge in [0.1, 0.15) is 11.7 Å². The second-order valence-corrected chi connectivity index (χ2v) is 8.43. The van der Waals surface area contributed by atoms with E-state index in [-0.39, 0.29) is 31.0 Å². The predicted molar refractivity (Wildman–Crippen MR) is 112 cm³/mol. The van der Waals surface area contributed by atoms with Crippen LogP contribution in [0.4, 0.5) is 37.1 Å². The first-order valence-electron chi connectivity index (χ1n) is 10.6. The molecule has 192 valence electrons. The standard InChI is InChI=1S/C21H23F6N5O3/c1-11-9-31(18-29-7-15(8-30-18)20(22,23)24)10-12(2)32(11)19(34)35-13(3)4-14-5-16(21(25,26)27)17(33)28-6-14/h5-8,11-13H,4,9-10H2,1-3H3,(H,28,33). The van der Waals surface area contributed by atoms with Gasteiger partial charge in [-0.1, -0.05) is 0 Å². The number of alkyl halides is 6. The van der Waals surface area contributed by atoms with Crippen molar-refractivity contribution in [1.29, 1.82) is 0 Å². The SMILES string of the molecule is CC(Cc1c[nH]c(=O)c(C(F)(F)F)c1)OC(=O)N1C(C)CN(c2ncc(C(F)(F)F)cn2)CC1C. The molecular formula is C21H23F6N5O3. The number of rotatable bonds is 4. The van der Waals surface area contributed by atoms with Crippen molar-refractivity contribution in [2.24, 2.45) is 0 Å². The number of nitrogens with zero attached hydrogens (tertiary/aromatic N) is 4. The number of hydrogen-bond acceptors (Lipinski definition) is 6. The maximum Gasteiger partial charge on any atom is 0.421 e. The Labute approximate surface area is 195 Å². The van der Waals surface area contributed by atoms with Crippen LogP contribution in [-0.2, 0) is 23.5 Å². The lowest BCUT2D eigenvalue weighted by atomic mass is 10.1. The number of carbonyl (C=O) groups excluding carboxylic acids is 1. The van der Waals surface area contributed by atoms with Gasteiger partial charge in [0.15, 0.2) is 0 Å². The number of aromatic amines is 1. The number of H-pyrrole nitrogens is 1. The highest BCUT2D eigenvalue weighted by Gasteiger charge is 2.37. The number of nitrogens with one attached hydrogen (secondary N) is 1. The average Bonchev–Trinajstić information content (AvgIpc) is 2.73. The van der Waals surface area contributed by atoms with Gasteiger partial charge in [-0.2, -0.15) is 26.3 Å². The van der Waals surface area contributed by atoms with Crippen molar-refractivity contribution >= 4 is 12.0 Å². The van der Waals surface area contributed by atoms with Crippen molar-refractivity contribution in [3.63, 3.8) is 0 Å². The van der Waals surface area contributed by atoms with E-state index in [1.54, 1.807) is 18.7 Å². The lowest BCUT2D eigenvalue weighted by Gasteiger charge is -2.43. The summed E-state index contributed by atoms with van der Waals surface area (Å²) in [5.41, 5.74) is -3.42. The Morgan fingerprint density at radius 3 is 2.20 bits per heavy atom. The van der Waals surface area contributed by atoms with E-state index < -0.39 is 53.3 Å². The fraction of sp³-hybridized carbons (Fsp3) is 0.524. The highest BCUT2D eigenvalue weighted by Crippen LogP contribution is 2.29. The van der Waals surface area contributed by atoms with E-state index in [0.717, 1.165) is 12.3 Å². The minimum absolute atomic E-state index is 0.0618. The lowest BCUT2D eigenvalue weighted by Crippen LogP contribution is -2.59. The molecule has 3 unspecified atom stereocenters. The Morgan fingerprint density at radius 1 is 1.11 bits per heavy atom. The molecule has 3 heterocycles. The van der Waals surface area contributed by atoms with E-state index in [9.17, 15) is 35.9 Å². The molecule has 0 bridgehead atoms. The molecule has 0 spiro atoms. The zero-order valence-electron chi connectivity index (χ0n) is 18.9. The Kier molecular flexibility index (Phi) is 7.31. The van der Waals surface area contributed by atoms with Gasteiger partial charge in [0.2, 0.25) is 5.95 Å². The summed E-state index contributed by atoms with van der Waals surface area (Å²) < 4.78 is 82.5. The molecule has 0 aliphatic carbocycles. The normalized spacial score (nSPS) is 20.0. The highest BCUT2D eigenvalue weighted by atomic mass is 19.4. The van der Waals surface area contributed by atoms with Gasteiger partial charge in [0.05, 0.1) is 17.6 Å². The van der Waals surface area contributed by atoms with Gasteiger partial charge in [-0.15, -0.1) is 0 Å². The molecule has 1 amide bonds. The molecule has 1 aliphatic heterocycles. The van der Waals surface area contributed by atoms with Crippen LogP contribution in [-0.4, -0.2) is 57.2 Å². The molecule has 1 fully saturated rings. The van der Waals surface area contributed by atoms with Crippen LogP contribution in [0.15, 0.2) is 29.5 Å². The van der Waals surface area contributed by atoms with Crippen molar-refractivity contribution in [3.8, 4) is 0 Å². The molecule has 2 aromatic heterocycles. The summed E-state index contributed by atoms with van der Waals surface area (Å²) in [6, 6.07) is -0.124. The zero-order valence-corrected chi connectivity index (χ0v) is 18.9. The zero-order chi connectivity index (χ0) is 26.1. The Morgan fingerprint density at radius 2 is 1.69 bits per heavy atom. The van der Waals surface area contributed by atoms with Gasteiger partial charge in [-0.25, -0.2) is 14.8 Å². The molecule has 0 radical (unpaired) electrons. The van der Waals surface area contributed by atoms with Crippen LogP contribution in [0.25, 0.3) is 0 Å². The summed E-state index contributed by atoms with van der Waals surface area (Å²) in [6.45, 7) is 5.41. The van der Waals surface area contributed by atoms with Crippen LogP contribution in [0.5, 0.6) is 0 Å². The number of anilines is 1. The lowest BCUT2D eigenvalue weighted by molar-refractivity contribution is -0.139. The smallest absolute Gasteiger partial charge is 0.421 e. The number of pyridine rings is 1. The van der Waals surface area contributed by atoms with Crippen molar-refractivity contribution in [1.82, 2.24) is 19.9 Å². The fourth-order valence-corrected chi connectivity index (χ4v) is 3.94. The number of amides is 1. The number of piperazine rings is 1. The molecule has 1 N–H and O–H groups in total. The first-order chi connectivity index (χ1) is 16.2. The Hall–Kier alpha value is -3.32. The molecule has 3 rings (SSSR count). The average molecular weight is 507 g/mol. The van der Waals surface area contributed by atoms with Crippen molar-refractivity contribution in [2.75, 3.05) is 18.0 Å². The largest absolute Gasteiger partial charge is 0.446 e. The predicted octanol–water partition coefficient (Wildman–Crippen LogP) is 3.87. The molecule has 14 heteroatoms. The van der Waals surface area contributed by atoms with Crippen LogP contribution >= 0.6 is 0 Å². The van der Waals surface area contributed by atoms with Crippen LogP contribution in [0, 0.1) is 0 Å². The maximum absolute atomic E-state index is 13.0. The summed E-state index contributed by atoms with van der Waals surface area (Å²) in [5.74, 6) is 0.0941. The fourth-order valence-electron chi connectivity index (χ4n) is 3.94. The van der Waals surface area contributed by atoms with Crippen molar-refractivity contribution in [3.05, 3.63) is 51.7 Å². The number of carbonyl (C=O) groups is 1. The van der Waals surface area contributed by atoms with Gasteiger partial charge in [0, 0.05) is 38.1 Å². The van der Waals surface area contributed by atoms with E-state index in [1.165, 1.54) is 11.8 Å². The van der Waals surface area contributed by atoms with Gasteiger partial charge in [0.25, 0.3) is 5.56 Å². The number of halogens is 6. The Balaban J connectivity index is 1.63. The minimum atomic E-state index is -4.81. The van der Waals surface area contributed by atoms with Crippen molar-refractivity contribution < 1.29 is 35.9 Å². The number of hydrogen-bond donors (Lipinski definition) is 1. The molecule has 2 aromatic rings. The van der Waals surface area contributed by atoms with Gasteiger partial charge < -0.3 is 14.6 Å². The second kappa shape index (κ2) is 9.74. The topological polar surface area (TPSA) is 91.4 Å². The minimum Gasteiger partial charge on any atom is -0.446 e. The summed E-state index contributed by atoms with van der Waals surface area (Å²) in [6.07, 6.45) is -8.39. The molecule has 8 nitrogen and oxygen atoms in total. The summed E-state index contributed by atoms with van der Waals surface area (Å²) in [5, 5.41) is 0. The first-order valence-corrected chi connectivity index (χ1v) is 10.6. The molecular weight excluding hydrogens is 484 g/mol. The molecule has 3 atom stereocenters. The molecule has 35 heavy (non-hydrogen) atoms. The van der Waals surface area contributed by atoms with E-state index in [0.29, 0.717) is 12.4 Å². The monoisotopic (exact) mass is 507 g/mol. The van der Waals surface area contributed by atoms with E-state index in [1.807, 2.05) is 4.98 Å². The molecule has 0 aromatic carbocycles. The third kappa shape index (κ3) is 6.22. The van der Waals surface area contributed by atoms with Crippen molar-refractivity contribution in [2.45, 2.75) is 57.7 Å². The van der Waals surface area contributed by atoms with Crippen LogP contribution in [0.2, 0.25) is 0 Å². The van der Waals surface area contributed by atoms with E-state index in [2.05, 4.69) is 9.97 Å². The summed E-state index contributed by atoms with van der Waals surface area (Å²) >= 11 is 0. The van der Waals surface area contributed by atoms with Crippen LogP contribution in [0.3, 0.4) is 0 Å². The Bertz CT molecular complexity index is 1090. The summed E-state index contributed by atoms with van der Waals surface area (Å²) in [7, 11) is 0. The van der Waals surface area contributed by atoms with Gasteiger partial charge >= 0.3 is 18.4 Å². The van der Waals surface area contributed by atoms with Crippen LogP contribution in [0.1, 0.15) is 37.5 Å². The molecule has 0 saturated carbocycles. The highest BCUT2D eigenvalue weighted by molar-refractivity contribution is 5.69. The first kappa shape index (κ1) is 26.3. The van der Waals surface area contributed by atoms with E-state index in [4.69, 9.17) is 4.74 Å². The van der Waals surface area contributed by atoms with Gasteiger partial charge in [-0.3, -0.25) is 9.69 Å². The van der Waals surface area contributed by atoms with Gasteiger partial charge in [-0.05, 0) is 32.4 Å². The maximum atomic E-state index is 13.0. The van der Waals surface area contributed by atoms with Crippen LogP contribution < -0.4 is 10.5 Å². The third-order valence-corrected chi connectivity index (χ3v) is 5.47. The number of ether oxygens (including phenoxy) is 1. The third-order valence-electron chi connectivity index (χ3n) is 5.47.